The van der Waals surface area contributed by atoms with Gasteiger partial charge in [0.2, 0.25) is 5.78 Å². The number of methoxy groups -OCH3 is 1. The van der Waals surface area contributed by atoms with E-state index >= 15 is 0 Å². The summed E-state index contributed by atoms with van der Waals surface area (Å²) < 4.78 is 31.7. The van der Waals surface area contributed by atoms with Gasteiger partial charge in [-0.1, -0.05) is 18.2 Å². The molecule has 23 heavy (non-hydrogen) atoms. The molecule has 0 atom stereocenters. The highest BCUT2D eigenvalue weighted by Gasteiger charge is 2.31. The number of fused-ring (bicyclic) bond motifs is 1. The predicted octanol–water partition coefficient (Wildman–Crippen LogP) is 1.92. The van der Waals surface area contributed by atoms with E-state index < -0.39 is 15.8 Å². The summed E-state index contributed by atoms with van der Waals surface area (Å²) >= 11 is 0. The quantitative estimate of drug-likeness (QED) is 0.820. The van der Waals surface area contributed by atoms with E-state index in [0.29, 0.717) is 5.56 Å². The minimum Gasteiger partial charge on any atom is -0.504 e. The molecule has 6 nitrogen and oxygen atoms in total. The van der Waals surface area contributed by atoms with Gasteiger partial charge in [0.25, 0.3) is 10.0 Å². The van der Waals surface area contributed by atoms with Crippen LogP contribution in [0.25, 0.3) is 6.08 Å². The number of sulfonamides is 1. The van der Waals surface area contributed by atoms with Crippen LogP contribution < -0.4 is 9.46 Å². The molecular weight excluding hydrogens is 318 g/mol. The van der Waals surface area contributed by atoms with E-state index in [1.807, 2.05) is 0 Å². The SMILES string of the molecule is COc1cc(/C=C2\NS(=O)(=O)c3ccccc3C2=O)ccc1O. The maximum Gasteiger partial charge on any atom is 0.262 e. The standard InChI is InChI=1S/C16H13NO5S/c1-22-14-9-10(6-7-13(14)18)8-12-16(19)11-4-2-3-5-15(11)23(20,21)17-12/h2-9,17-18H,1H3/b12-8-. The van der Waals surface area contributed by atoms with E-state index in [9.17, 15) is 18.3 Å². The van der Waals surface area contributed by atoms with Gasteiger partial charge in [-0.05, 0) is 35.9 Å². The molecule has 118 valence electrons. The number of Topliss-reactive ketones (excluding diaryl/α,β-unsaturated/α-hetero) is 1. The zero-order valence-electron chi connectivity index (χ0n) is 12.1. The highest BCUT2D eigenvalue weighted by Crippen LogP contribution is 2.29. The van der Waals surface area contributed by atoms with Crippen molar-refractivity contribution in [2.45, 2.75) is 4.90 Å². The first-order chi connectivity index (χ1) is 10.9. The van der Waals surface area contributed by atoms with Crippen LogP contribution in [0.2, 0.25) is 0 Å². The molecule has 1 aliphatic rings. The summed E-state index contributed by atoms with van der Waals surface area (Å²) in [5.41, 5.74) is 0.588. The molecule has 2 N–H and O–H groups in total. The van der Waals surface area contributed by atoms with Gasteiger partial charge in [0.1, 0.15) is 0 Å². The number of benzene rings is 2. The molecule has 2 aromatic carbocycles. The third kappa shape index (κ3) is 2.66. The Morgan fingerprint density at radius 2 is 1.91 bits per heavy atom. The fourth-order valence-corrected chi connectivity index (χ4v) is 3.58. The molecule has 0 fully saturated rings. The number of rotatable bonds is 2. The Morgan fingerprint density at radius 1 is 1.17 bits per heavy atom. The summed E-state index contributed by atoms with van der Waals surface area (Å²) in [5.74, 6) is -0.233. The Balaban J connectivity index is 2.10. The maximum absolute atomic E-state index is 12.5. The Bertz CT molecular complexity index is 931. The van der Waals surface area contributed by atoms with Gasteiger partial charge in [-0.25, -0.2) is 8.42 Å². The van der Waals surface area contributed by atoms with Crippen molar-refractivity contribution in [2.75, 3.05) is 7.11 Å². The van der Waals surface area contributed by atoms with Crippen molar-refractivity contribution in [3.63, 3.8) is 0 Å². The van der Waals surface area contributed by atoms with E-state index in [1.165, 1.54) is 37.5 Å². The molecule has 0 saturated heterocycles. The van der Waals surface area contributed by atoms with Crippen molar-refractivity contribution in [3.8, 4) is 11.5 Å². The van der Waals surface area contributed by atoms with Crippen molar-refractivity contribution in [1.82, 2.24) is 4.72 Å². The number of carbonyl (C=O) groups excluding carboxylic acids is 1. The van der Waals surface area contributed by atoms with Gasteiger partial charge in [-0.2, -0.15) is 0 Å². The number of aromatic hydroxyl groups is 1. The second-order valence-corrected chi connectivity index (χ2v) is 6.57. The van der Waals surface area contributed by atoms with Crippen LogP contribution in [-0.4, -0.2) is 26.4 Å². The molecule has 7 heteroatoms. The average Bonchev–Trinajstić information content (AvgIpc) is 2.54. The lowest BCUT2D eigenvalue weighted by Gasteiger charge is -2.19. The zero-order chi connectivity index (χ0) is 16.6. The number of ether oxygens (including phenoxy) is 1. The molecule has 0 aromatic heterocycles. The molecule has 2 aromatic rings. The number of hydrogen-bond acceptors (Lipinski definition) is 5. The van der Waals surface area contributed by atoms with Gasteiger partial charge in [-0.15, -0.1) is 0 Å². The van der Waals surface area contributed by atoms with E-state index in [4.69, 9.17) is 4.74 Å². The summed E-state index contributed by atoms with van der Waals surface area (Å²) in [6.07, 6.45) is 1.40. The topological polar surface area (TPSA) is 92.7 Å². The van der Waals surface area contributed by atoms with Gasteiger partial charge in [0, 0.05) is 5.56 Å². The largest absolute Gasteiger partial charge is 0.504 e. The second kappa shape index (κ2) is 5.44. The molecule has 0 spiro atoms. The molecule has 0 bridgehead atoms. The van der Waals surface area contributed by atoms with Crippen molar-refractivity contribution in [1.29, 1.82) is 0 Å². The number of phenols is 1. The Morgan fingerprint density at radius 3 is 2.65 bits per heavy atom. The van der Waals surface area contributed by atoms with Gasteiger partial charge >= 0.3 is 0 Å². The first-order valence-electron chi connectivity index (χ1n) is 6.67. The lowest BCUT2D eigenvalue weighted by molar-refractivity contribution is 0.102. The number of allylic oxidation sites excluding steroid dienone is 1. The molecule has 0 aliphatic carbocycles. The molecule has 1 aliphatic heterocycles. The van der Waals surface area contributed by atoms with Crippen molar-refractivity contribution >= 4 is 21.9 Å². The third-order valence-electron chi connectivity index (χ3n) is 3.42. The van der Waals surface area contributed by atoms with E-state index in [-0.39, 0.29) is 27.7 Å². The third-order valence-corrected chi connectivity index (χ3v) is 4.85. The highest BCUT2D eigenvalue weighted by atomic mass is 32.2. The normalized spacial score (nSPS) is 17.4. The van der Waals surface area contributed by atoms with Crippen LogP contribution in [0.1, 0.15) is 15.9 Å². The van der Waals surface area contributed by atoms with Crippen LogP contribution in [0, 0.1) is 0 Å². The average molecular weight is 331 g/mol. The summed E-state index contributed by atoms with van der Waals surface area (Å²) in [6, 6.07) is 10.5. The van der Waals surface area contributed by atoms with Gasteiger partial charge in [-0.3, -0.25) is 9.52 Å². The van der Waals surface area contributed by atoms with Gasteiger partial charge in [0.05, 0.1) is 17.7 Å². The number of phenolic OH excluding ortho intramolecular Hbond substituents is 1. The molecular formula is C16H13NO5S. The molecule has 0 radical (unpaired) electrons. The smallest absolute Gasteiger partial charge is 0.262 e. The minimum atomic E-state index is -3.79. The van der Waals surface area contributed by atoms with Crippen LogP contribution in [0.5, 0.6) is 11.5 Å². The molecule has 0 saturated carbocycles. The summed E-state index contributed by atoms with van der Waals surface area (Å²) in [6.45, 7) is 0. The molecule has 1 heterocycles. The molecule has 0 unspecified atom stereocenters. The molecule has 3 rings (SSSR count). The van der Waals surface area contributed by atoms with E-state index in [1.54, 1.807) is 18.2 Å². The predicted molar refractivity (Wildman–Crippen MR) is 83.7 cm³/mol. The van der Waals surface area contributed by atoms with Crippen LogP contribution in [-0.2, 0) is 10.0 Å². The first-order valence-corrected chi connectivity index (χ1v) is 8.16. The van der Waals surface area contributed by atoms with Crippen molar-refractivity contribution < 1.29 is 23.1 Å². The van der Waals surface area contributed by atoms with Crippen LogP contribution in [0.15, 0.2) is 53.1 Å². The van der Waals surface area contributed by atoms with Gasteiger partial charge < -0.3 is 9.84 Å². The lowest BCUT2D eigenvalue weighted by Crippen LogP contribution is -2.34. The Hall–Kier alpha value is -2.80. The number of hydrogen-bond donors (Lipinski definition) is 2. The number of nitrogens with one attached hydrogen (secondary N) is 1. The molecule has 0 amide bonds. The fraction of sp³-hybridized carbons (Fsp3) is 0.0625. The highest BCUT2D eigenvalue weighted by molar-refractivity contribution is 7.90. The first kappa shape index (κ1) is 15.1. The zero-order valence-corrected chi connectivity index (χ0v) is 12.9. The van der Waals surface area contributed by atoms with Crippen LogP contribution in [0.4, 0.5) is 0 Å². The minimum absolute atomic E-state index is 0.0366. The monoisotopic (exact) mass is 331 g/mol. The fourth-order valence-electron chi connectivity index (χ4n) is 2.33. The Kier molecular flexibility index (Phi) is 3.57. The number of carbonyl (C=O) groups is 1. The van der Waals surface area contributed by atoms with E-state index in [2.05, 4.69) is 4.72 Å². The van der Waals surface area contributed by atoms with Crippen LogP contribution >= 0.6 is 0 Å². The van der Waals surface area contributed by atoms with E-state index in [0.717, 1.165) is 0 Å². The summed E-state index contributed by atoms with van der Waals surface area (Å²) in [5, 5.41) is 9.58. The number of ketones is 1. The van der Waals surface area contributed by atoms with Gasteiger partial charge in [0.15, 0.2) is 11.5 Å². The van der Waals surface area contributed by atoms with Crippen molar-refractivity contribution in [3.05, 3.63) is 59.3 Å². The Labute approximate surface area is 133 Å². The summed E-state index contributed by atoms with van der Waals surface area (Å²) in [7, 11) is -2.39. The summed E-state index contributed by atoms with van der Waals surface area (Å²) in [4.78, 5) is 12.4. The lowest BCUT2D eigenvalue weighted by atomic mass is 10.1. The van der Waals surface area contributed by atoms with Crippen molar-refractivity contribution in [2.24, 2.45) is 0 Å². The van der Waals surface area contributed by atoms with Crippen LogP contribution in [0.3, 0.4) is 0 Å². The maximum atomic E-state index is 12.5. The second-order valence-electron chi connectivity index (χ2n) is 4.92.